The zero-order valence-corrected chi connectivity index (χ0v) is 17.3. The molecule has 4 nitrogen and oxygen atoms in total. The highest BCUT2D eigenvalue weighted by Gasteiger charge is 2.20. The third-order valence-electron chi connectivity index (χ3n) is 4.64. The lowest BCUT2D eigenvalue weighted by atomic mass is 10.1. The number of halogens is 2. The largest absolute Gasteiger partial charge is 0.462 e. The van der Waals surface area contributed by atoms with Crippen LogP contribution in [0.25, 0.3) is 0 Å². The molecular weight excluding hydrogens is 390 g/mol. The molecule has 0 aliphatic carbocycles. The van der Waals surface area contributed by atoms with Crippen molar-refractivity contribution in [3.8, 4) is 5.75 Å². The lowest BCUT2D eigenvalue weighted by molar-refractivity contribution is 0.0489. The van der Waals surface area contributed by atoms with Gasteiger partial charge in [-0.1, -0.05) is 64.0 Å². The predicted octanol–water partition coefficient (Wildman–Crippen LogP) is 6.48. The maximum Gasteiger partial charge on any atom is 0.344 e. The van der Waals surface area contributed by atoms with E-state index in [0.29, 0.717) is 6.07 Å². The van der Waals surface area contributed by atoms with Gasteiger partial charge < -0.3 is 9.47 Å². The molecule has 0 aliphatic heterocycles. The van der Waals surface area contributed by atoms with Crippen molar-refractivity contribution < 1.29 is 27.8 Å². The summed E-state index contributed by atoms with van der Waals surface area (Å²) in [6, 6.07) is 8.50. The smallest absolute Gasteiger partial charge is 0.344 e. The molecule has 0 atom stereocenters. The molecular formula is C24H28F2O4. The lowest BCUT2D eigenvalue weighted by Crippen LogP contribution is -2.16. The van der Waals surface area contributed by atoms with E-state index in [1.807, 2.05) is 0 Å². The van der Waals surface area contributed by atoms with Crippen molar-refractivity contribution in [3.63, 3.8) is 0 Å². The monoisotopic (exact) mass is 418 g/mol. The second kappa shape index (κ2) is 12.7. The van der Waals surface area contributed by atoms with Crippen LogP contribution in [0.1, 0.15) is 79.0 Å². The number of ether oxygens (including phenoxy) is 2. The average molecular weight is 418 g/mol. The van der Waals surface area contributed by atoms with Gasteiger partial charge in [-0.25, -0.2) is 18.4 Å². The van der Waals surface area contributed by atoms with Crippen LogP contribution in [-0.4, -0.2) is 18.5 Å². The summed E-state index contributed by atoms with van der Waals surface area (Å²) in [4.78, 5) is 24.8. The Hall–Kier alpha value is -2.76. The van der Waals surface area contributed by atoms with Crippen molar-refractivity contribution in [2.75, 3.05) is 6.61 Å². The molecule has 2 aromatic rings. The van der Waals surface area contributed by atoms with Gasteiger partial charge in [-0.05, 0) is 18.6 Å². The molecule has 6 heteroatoms. The topological polar surface area (TPSA) is 52.6 Å². The summed E-state index contributed by atoms with van der Waals surface area (Å²) < 4.78 is 36.9. The van der Waals surface area contributed by atoms with Crippen molar-refractivity contribution in [2.24, 2.45) is 0 Å². The highest BCUT2D eigenvalue weighted by molar-refractivity contribution is 6.03. The fourth-order valence-corrected chi connectivity index (χ4v) is 3.07. The number of hydrogen-bond acceptors (Lipinski definition) is 4. The van der Waals surface area contributed by atoms with E-state index < -0.39 is 23.6 Å². The van der Waals surface area contributed by atoms with Crippen LogP contribution < -0.4 is 4.74 Å². The normalized spacial score (nSPS) is 10.6. The molecule has 0 heterocycles. The molecule has 0 radical (unpaired) electrons. The van der Waals surface area contributed by atoms with Gasteiger partial charge in [0.15, 0.2) is 0 Å². The number of rotatable bonds is 12. The van der Waals surface area contributed by atoms with Crippen LogP contribution >= 0.6 is 0 Å². The first-order valence-corrected chi connectivity index (χ1v) is 10.5. The van der Waals surface area contributed by atoms with Gasteiger partial charge in [0.05, 0.1) is 17.7 Å². The van der Waals surface area contributed by atoms with Crippen LogP contribution in [-0.2, 0) is 4.74 Å². The van der Waals surface area contributed by atoms with Crippen molar-refractivity contribution in [2.45, 2.75) is 58.3 Å². The standard InChI is InChI=1S/C24H28F2O4/c1-2-3-4-5-6-7-8-11-14-29-23(27)21-12-9-10-13-22(21)24(28)30-20-16-18(25)15-19(26)17-20/h9-10,12-13,15-17H,2-8,11,14H2,1H3. The van der Waals surface area contributed by atoms with Gasteiger partial charge in [0.1, 0.15) is 17.4 Å². The van der Waals surface area contributed by atoms with Gasteiger partial charge in [-0.3, -0.25) is 0 Å². The molecule has 2 rings (SSSR count). The Kier molecular flexibility index (Phi) is 9.98. The van der Waals surface area contributed by atoms with Crippen LogP contribution in [0.15, 0.2) is 42.5 Å². The molecule has 0 fully saturated rings. The first-order chi connectivity index (χ1) is 14.5. The van der Waals surface area contributed by atoms with E-state index in [1.165, 1.54) is 44.2 Å². The zero-order chi connectivity index (χ0) is 21.8. The molecule has 30 heavy (non-hydrogen) atoms. The summed E-state index contributed by atoms with van der Waals surface area (Å²) in [7, 11) is 0. The van der Waals surface area contributed by atoms with Gasteiger partial charge in [0.25, 0.3) is 0 Å². The van der Waals surface area contributed by atoms with Crippen LogP contribution in [0.5, 0.6) is 5.75 Å². The first kappa shape index (κ1) is 23.5. The Morgan fingerprint density at radius 2 is 1.30 bits per heavy atom. The van der Waals surface area contributed by atoms with Crippen LogP contribution in [0.4, 0.5) is 8.78 Å². The molecule has 0 spiro atoms. The molecule has 0 amide bonds. The zero-order valence-electron chi connectivity index (χ0n) is 17.3. The van der Waals surface area contributed by atoms with E-state index in [0.717, 1.165) is 31.4 Å². The molecule has 0 bridgehead atoms. The van der Waals surface area contributed by atoms with Gasteiger partial charge in [-0.15, -0.1) is 0 Å². The SMILES string of the molecule is CCCCCCCCCCOC(=O)c1ccccc1C(=O)Oc1cc(F)cc(F)c1. The molecule has 0 unspecified atom stereocenters. The fraction of sp³-hybridized carbons (Fsp3) is 0.417. The lowest BCUT2D eigenvalue weighted by Gasteiger charge is -2.10. The molecule has 0 aliphatic rings. The van der Waals surface area contributed by atoms with E-state index in [-0.39, 0.29) is 23.5 Å². The van der Waals surface area contributed by atoms with Gasteiger partial charge in [-0.2, -0.15) is 0 Å². The molecule has 0 aromatic heterocycles. The van der Waals surface area contributed by atoms with Crippen LogP contribution in [0, 0.1) is 11.6 Å². The third kappa shape index (κ3) is 7.93. The molecule has 0 N–H and O–H groups in total. The Bertz CT molecular complexity index is 815. The molecule has 0 saturated carbocycles. The van der Waals surface area contributed by atoms with E-state index >= 15 is 0 Å². The first-order valence-electron chi connectivity index (χ1n) is 10.5. The fourth-order valence-electron chi connectivity index (χ4n) is 3.07. The molecule has 162 valence electrons. The summed E-state index contributed by atoms with van der Waals surface area (Å²) in [6.07, 6.45) is 9.03. The van der Waals surface area contributed by atoms with Crippen molar-refractivity contribution in [1.29, 1.82) is 0 Å². The van der Waals surface area contributed by atoms with E-state index in [4.69, 9.17) is 9.47 Å². The summed E-state index contributed by atoms with van der Waals surface area (Å²) in [5.74, 6) is -3.53. The summed E-state index contributed by atoms with van der Waals surface area (Å²) in [6.45, 7) is 2.46. The average Bonchev–Trinajstić information content (AvgIpc) is 2.71. The predicted molar refractivity (Wildman–Crippen MR) is 111 cm³/mol. The minimum Gasteiger partial charge on any atom is -0.462 e. The van der Waals surface area contributed by atoms with E-state index in [1.54, 1.807) is 12.1 Å². The maximum atomic E-state index is 13.3. The highest BCUT2D eigenvalue weighted by Crippen LogP contribution is 2.19. The number of carbonyl (C=O) groups is 2. The Morgan fingerprint density at radius 1 is 0.767 bits per heavy atom. The Morgan fingerprint density at radius 3 is 1.90 bits per heavy atom. The summed E-state index contributed by atoms with van der Waals surface area (Å²) >= 11 is 0. The van der Waals surface area contributed by atoms with Crippen molar-refractivity contribution >= 4 is 11.9 Å². The third-order valence-corrected chi connectivity index (χ3v) is 4.64. The number of esters is 2. The van der Waals surface area contributed by atoms with Crippen LogP contribution in [0.2, 0.25) is 0 Å². The van der Waals surface area contributed by atoms with E-state index in [9.17, 15) is 18.4 Å². The Labute approximate surface area is 176 Å². The van der Waals surface area contributed by atoms with E-state index in [2.05, 4.69) is 6.92 Å². The second-order valence-corrected chi connectivity index (χ2v) is 7.15. The van der Waals surface area contributed by atoms with Crippen LogP contribution in [0.3, 0.4) is 0 Å². The summed E-state index contributed by atoms with van der Waals surface area (Å²) in [5.41, 5.74) is 0.0297. The second-order valence-electron chi connectivity index (χ2n) is 7.15. The number of benzene rings is 2. The van der Waals surface area contributed by atoms with Gasteiger partial charge in [0.2, 0.25) is 0 Å². The minimum absolute atomic E-state index is 0.0249. The molecule has 0 saturated heterocycles. The van der Waals surface area contributed by atoms with Crippen molar-refractivity contribution in [1.82, 2.24) is 0 Å². The number of hydrogen-bond donors (Lipinski definition) is 0. The quantitative estimate of drug-likeness (QED) is 0.225. The Balaban J connectivity index is 1.85. The highest BCUT2D eigenvalue weighted by atomic mass is 19.1. The van der Waals surface area contributed by atoms with Crippen molar-refractivity contribution in [3.05, 3.63) is 65.2 Å². The van der Waals surface area contributed by atoms with Gasteiger partial charge >= 0.3 is 11.9 Å². The molecule has 2 aromatic carbocycles. The minimum atomic E-state index is -0.889. The summed E-state index contributed by atoms with van der Waals surface area (Å²) in [5, 5.41) is 0. The maximum absolute atomic E-state index is 13.3. The number of carbonyl (C=O) groups excluding carboxylic acids is 2. The number of unbranched alkanes of at least 4 members (excludes halogenated alkanes) is 7. The van der Waals surface area contributed by atoms with Gasteiger partial charge in [0, 0.05) is 18.2 Å².